The maximum atomic E-state index is 3.84. The van der Waals surface area contributed by atoms with E-state index >= 15 is 0 Å². The van der Waals surface area contributed by atoms with Crippen molar-refractivity contribution in [3.8, 4) is 0 Å². The standard InChI is InChI=1S/C6H7N2.Y/c1-5-3-7-4-8-6(5)2;/h3H,1-2H3;/q-1;+3. The second kappa shape index (κ2) is 4.07. The van der Waals surface area contributed by atoms with Gasteiger partial charge < -0.3 is 9.97 Å². The fraction of sp³-hybridized carbons (Fsp3) is 0.333. The van der Waals surface area contributed by atoms with Crippen molar-refractivity contribution in [2.75, 3.05) is 0 Å². The van der Waals surface area contributed by atoms with Crippen molar-refractivity contribution in [2.24, 2.45) is 0 Å². The summed E-state index contributed by atoms with van der Waals surface area (Å²) in [6.45, 7) is 3.91. The van der Waals surface area contributed by atoms with Gasteiger partial charge in [0.2, 0.25) is 0 Å². The van der Waals surface area contributed by atoms with E-state index in [4.69, 9.17) is 0 Å². The van der Waals surface area contributed by atoms with Gasteiger partial charge in [-0.25, -0.2) is 0 Å². The van der Waals surface area contributed by atoms with Gasteiger partial charge in [-0.15, -0.1) is 5.56 Å². The minimum absolute atomic E-state index is 0. The van der Waals surface area contributed by atoms with Crippen LogP contribution in [0.4, 0.5) is 0 Å². The summed E-state index contributed by atoms with van der Waals surface area (Å²) in [5, 5.41) is 0. The third kappa shape index (κ3) is 2.50. The van der Waals surface area contributed by atoms with Gasteiger partial charge in [-0.3, -0.25) is 0 Å². The van der Waals surface area contributed by atoms with E-state index < -0.39 is 0 Å². The van der Waals surface area contributed by atoms with E-state index in [-0.39, 0.29) is 32.7 Å². The van der Waals surface area contributed by atoms with E-state index in [1.54, 1.807) is 6.20 Å². The van der Waals surface area contributed by atoms with E-state index in [0.29, 0.717) is 0 Å². The minimum atomic E-state index is 0. The predicted molar refractivity (Wildman–Crippen MR) is 30.3 cm³/mol. The molecule has 1 rings (SSSR count). The van der Waals surface area contributed by atoms with Crippen LogP contribution in [0.1, 0.15) is 11.3 Å². The first-order valence-corrected chi connectivity index (χ1v) is 2.47. The maximum absolute atomic E-state index is 3.84. The molecular formula is C6H7N2Y+2. The molecule has 0 aromatic carbocycles. The molecule has 0 saturated heterocycles. The van der Waals surface area contributed by atoms with Crippen molar-refractivity contribution in [3.63, 3.8) is 0 Å². The average molecular weight is 196 g/mol. The molecule has 2 nitrogen and oxygen atoms in total. The van der Waals surface area contributed by atoms with Crippen molar-refractivity contribution < 1.29 is 32.7 Å². The Balaban J connectivity index is 0.000000640. The molecule has 0 radical (unpaired) electrons. The molecule has 1 aromatic heterocycles. The molecule has 0 aliphatic heterocycles. The van der Waals surface area contributed by atoms with Gasteiger partial charge in [0, 0.05) is 6.33 Å². The smallest absolute Gasteiger partial charge is 0.374 e. The van der Waals surface area contributed by atoms with E-state index in [1.807, 2.05) is 13.8 Å². The van der Waals surface area contributed by atoms with Crippen LogP contribution in [-0.4, -0.2) is 9.97 Å². The molecule has 0 unspecified atom stereocenters. The van der Waals surface area contributed by atoms with E-state index in [1.165, 1.54) is 0 Å². The summed E-state index contributed by atoms with van der Waals surface area (Å²) in [6.07, 6.45) is 4.25. The molecule has 1 heterocycles. The molecule has 0 amide bonds. The van der Waals surface area contributed by atoms with Crippen molar-refractivity contribution in [3.05, 3.63) is 23.8 Å². The molecule has 0 spiro atoms. The normalized spacial score (nSPS) is 8.22. The molecule has 0 aliphatic carbocycles. The zero-order chi connectivity index (χ0) is 5.98. The molecule has 1 aromatic rings. The molecule has 0 atom stereocenters. The number of aromatic nitrogens is 2. The number of rotatable bonds is 0. The van der Waals surface area contributed by atoms with E-state index in [9.17, 15) is 0 Å². The fourth-order valence-corrected chi connectivity index (χ4v) is 0.411. The fourth-order valence-electron chi connectivity index (χ4n) is 0.411. The largest absolute Gasteiger partial charge is 3.00 e. The molecular weight excluding hydrogens is 189 g/mol. The Morgan fingerprint density at radius 3 is 2.44 bits per heavy atom. The minimum Gasteiger partial charge on any atom is -0.374 e. The molecule has 0 bridgehead atoms. The topological polar surface area (TPSA) is 25.8 Å². The zero-order valence-electron chi connectivity index (χ0n) is 5.55. The molecule has 9 heavy (non-hydrogen) atoms. The SMILES string of the molecule is Cc1cn[c-]nc1C.[Y+3]. The second-order valence-corrected chi connectivity index (χ2v) is 1.74. The second-order valence-electron chi connectivity index (χ2n) is 1.74. The predicted octanol–water partition coefficient (Wildman–Crippen LogP) is 0.891. The summed E-state index contributed by atoms with van der Waals surface area (Å²) in [5.41, 5.74) is 2.11. The Kier molecular flexibility index (Phi) is 4.16. The van der Waals surface area contributed by atoms with Crippen molar-refractivity contribution >= 4 is 0 Å². The number of aryl methyl sites for hydroxylation is 2. The first-order chi connectivity index (χ1) is 3.80. The maximum Gasteiger partial charge on any atom is 3.00 e. The summed E-state index contributed by atoms with van der Waals surface area (Å²) in [5.74, 6) is 0. The van der Waals surface area contributed by atoms with Gasteiger partial charge in [0.25, 0.3) is 0 Å². The monoisotopic (exact) mass is 196 g/mol. The van der Waals surface area contributed by atoms with Gasteiger partial charge in [0.15, 0.2) is 0 Å². The first-order valence-electron chi connectivity index (χ1n) is 2.47. The van der Waals surface area contributed by atoms with Crippen molar-refractivity contribution in [2.45, 2.75) is 13.8 Å². The quantitative estimate of drug-likeness (QED) is 0.576. The van der Waals surface area contributed by atoms with Crippen LogP contribution in [0.3, 0.4) is 0 Å². The van der Waals surface area contributed by atoms with Crippen LogP contribution in [0.25, 0.3) is 0 Å². The Morgan fingerprint density at radius 2 is 2.11 bits per heavy atom. The third-order valence-electron chi connectivity index (χ3n) is 1.10. The number of nitrogens with zero attached hydrogens (tertiary/aromatic N) is 2. The summed E-state index contributed by atoms with van der Waals surface area (Å²) in [4.78, 5) is 7.55. The van der Waals surface area contributed by atoms with Crippen LogP contribution >= 0.6 is 0 Å². The van der Waals surface area contributed by atoms with Crippen LogP contribution in [0, 0.1) is 20.2 Å². The summed E-state index contributed by atoms with van der Waals surface area (Å²) in [6, 6.07) is 0. The van der Waals surface area contributed by atoms with Crippen LogP contribution in [0.15, 0.2) is 6.20 Å². The van der Waals surface area contributed by atoms with Crippen LogP contribution in [-0.2, 0) is 32.7 Å². The molecule has 0 saturated carbocycles. The Morgan fingerprint density at radius 1 is 1.44 bits per heavy atom. The summed E-state index contributed by atoms with van der Waals surface area (Å²) < 4.78 is 0. The van der Waals surface area contributed by atoms with Gasteiger partial charge in [0.1, 0.15) is 0 Å². The van der Waals surface area contributed by atoms with Gasteiger partial charge in [-0.1, -0.05) is 25.7 Å². The van der Waals surface area contributed by atoms with Crippen molar-refractivity contribution in [1.82, 2.24) is 9.97 Å². The first kappa shape index (κ1) is 9.18. The van der Waals surface area contributed by atoms with Crippen LogP contribution < -0.4 is 0 Å². The van der Waals surface area contributed by atoms with Crippen molar-refractivity contribution in [1.29, 1.82) is 0 Å². The Labute approximate surface area is 80.0 Å². The summed E-state index contributed by atoms with van der Waals surface area (Å²) >= 11 is 0. The van der Waals surface area contributed by atoms with E-state index in [0.717, 1.165) is 11.3 Å². The van der Waals surface area contributed by atoms with Crippen LogP contribution in [0.2, 0.25) is 0 Å². The zero-order valence-corrected chi connectivity index (χ0v) is 8.39. The van der Waals surface area contributed by atoms with Crippen LogP contribution in [0.5, 0.6) is 0 Å². The Bertz CT molecular complexity index is 167. The molecule has 0 N–H and O–H groups in total. The molecule has 0 aliphatic rings. The number of hydrogen-bond acceptors (Lipinski definition) is 2. The van der Waals surface area contributed by atoms with Gasteiger partial charge in [-0.2, -0.15) is 0 Å². The van der Waals surface area contributed by atoms with E-state index in [2.05, 4.69) is 16.3 Å². The van der Waals surface area contributed by atoms with Gasteiger partial charge >= 0.3 is 32.7 Å². The molecule has 42 valence electrons. The molecule has 3 heteroatoms. The van der Waals surface area contributed by atoms with Gasteiger partial charge in [0.05, 0.1) is 0 Å². The van der Waals surface area contributed by atoms with Gasteiger partial charge in [-0.05, 0) is 0 Å². The summed E-state index contributed by atoms with van der Waals surface area (Å²) in [7, 11) is 0. The Hall–Kier alpha value is 0.184. The molecule has 0 fully saturated rings. The third-order valence-corrected chi connectivity index (χ3v) is 1.10. The number of hydrogen-bond donors (Lipinski definition) is 0. The average Bonchev–Trinajstić information content (AvgIpc) is 1.77.